The fraction of sp³-hybridized carbons (Fsp3) is 0.263. The average molecular weight is 315 g/mol. The van der Waals surface area contributed by atoms with Crippen LogP contribution >= 0.6 is 11.6 Å². The van der Waals surface area contributed by atoms with Gasteiger partial charge < -0.3 is 0 Å². The molecule has 0 aliphatic heterocycles. The number of carbonyl (C=O) groups is 2. The topological polar surface area (TPSA) is 34.1 Å². The molecule has 0 N–H and O–H groups in total. The third-order valence-corrected chi connectivity index (χ3v) is 4.12. The molecule has 22 heavy (non-hydrogen) atoms. The number of hydrogen-bond acceptors (Lipinski definition) is 2. The van der Waals surface area contributed by atoms with E-state index in [2.05, 4.69) is 0 Å². The second-order valence-corrected chi connectivity index (χ2v) is 5.72. The number of ketones is 1. The van der Waals surface area contributed by atoms with E-state index in [1.165, 1.54) is 0 Å². The highest BCUT2D eigenvalue weighted by Gasteiger charge is 2.24. The van der Waals surface area contributed by atoms with E-state index in [0.29, 0.717) is 5.78 Å². The molecular formula is C19H19ClO2. The lowest BCUT2D eigenvalue weighted by molar-refractivity contribution is -0.121. The van der Waals surface area contributed by atoms with Crippen LogP contribution in [0.25, 0.3) is 0 Å². The molecule has 114 valence electrons. The van der Waals surface area contributed by atoms with Crippen molar-refractivity contribution in [1.82, 2.24) is 0 Å². The molecule has 1 atom stereocenters. The molecule has 1 aliphatic rings. The minimum atomic E-state index is 0.0532. The molecule has 1 saturated carbocycles. The monoisotopic (exact) mass is 314 g/mol. The van der Waals surface area contributed by atoms with Crippen molar-refractivity contribution in [3.05, 3.63) is 70.7 Å². The van der Waals surface area contributed by atoms with Gasteiger partial charge in [-0.2, -0.15) is 0 Å². The molecule has 3 heteroatoms. The van der Waals surface area contributed by atoms with Crippen LogP contribution in [0, 0.1) is 0 Å². The van der Waals surface area contributed by atoms with E-state index in [9.17, 15) is 9.59 Å². The Kier molecular flexibility index (Phi) is 6.35. The van der Waals surface area contributed by atoms with Gasteiger partial charge in [0.05, 0.1) is 0 Å². The van der Waals surface area contributed by atoms with Crippen LogP contribution in [-0.2, 0) is 4.79 Å². The molecule has 0 spiro atoms. The van der Waals surface area contributed by atoms with Gasteiger partial charge in [0.15, 0.2) is 0 Å². The molecule has 1 aliphatic carbocycles. The van der Waals surface area contributed by atoms with Crippen molar-refractivity contribution in [3.8, 4) is 0 Å². The minimum absolute atomic E-state index is 0.0532. The molecule has 2 nitrogen and oxygen atoms in total. The summed E-state index contributed by atoms with van der Waals surface area (Å²) in [7, 11) is 0. The van der Waals surface area contributed by atoms with Crippen LogP contribution in [0.3, 0.4) is 0 Å². The Balaban J connectivity index is 0.000000188. The smallest absolute Gasteiger partial charge is 0.150 e. The number of halogens is 1. The Morgan fingerprint density at radius 3 is 2.23 bits per heavy atom. The summed E-state index contributed by atoms with van der Waals surface area (Å²) in [6, 6.07) is 16.8. The van der Waals surface area contributed by atoms with E-state index < -0.39 is 0 Å². The zero-order valence-electron chi connectivity index (χ0n) is 12.4. The van der Waals surface area contributed by atoms with Crippen LogP contribution in [0.1, 0.15) is 47.5 Å². The lowest BCUT2D eigenvalue weighted by Crippen LogP contribution is -2.17. The van der Waals surface area contributed by atoms with E-state index in [-0.39, 0.29) is 5.92 Å². The second kappa shape index (κ2) is 8.50. The molecular weight excluding hydrogens is 296 g/mol. The Bertz CT molecular complexity index is 622. The van der Waals surface area contributed by atoms with Gasteiger partial charge in [-0.05, 0) is 24.5 Å². The van der Waals surface area contributed by atoms with Crippen LogP contribution in [0.5, 0.6) is 0 Å². The first-order valence-electron chi connectivity index (χ1n) is 7.49. The van der Waals surface area contributed by atoms with Crippen molar-refractivity contribution >= 4 is 23.7 Å². The zero-order valence-corrected chi connectivity index (χ0v) is 13.1. The van der Waals surface area contributed by atoms with E-state index in [1.807, 2.05) is 42.5 Å². The van der Waals surface area contributed by atoms with Gasteiger partial charge >= 0.3 is 0 Å². The zero-order chi connectivity index (χ0) is 15.8. The lowest BCUT2D eigenvalue weighted by Gasteiger charge is -2.21. The standard InChI is InChI=1S/C12H13ClO.C7H6O/c13-11-7-3-1-5-9(11)10-6-2-4-8-12(10)14;8-6-7-4-2-1-3-5-7/h1,3,5,7,10H,2,4,6,8H2;1-6H. The number of hydrogen-bond donors (Lipinski definition) is 0. The van der Waals surface area contributed by atoms with Gasteiger partial charge in [0, 0.05) is 22.9 Å². The highest BCUT2D eigenvalue weighted by Crippen LogP contribution is 2.33. The van der Waals surface area contributed by atoms with Crippen LogP contribution in [0.4, 0.5) is 0 Å². The van der Waals surface area contributed by atoms with E-state index >= 15 is 0 Å². The largest absolute Gasteiger partial charge is 0.299 e. The maximum atomic E-state index is 11.7. The Hall–Kier alpha value is -1.93. The molecule has 0 bridgehead atoms. The molecule has 0 saturated heterocycles. The summed E-state index contributed by atoms with van der Waals surface area (Å²) in [6.45, 7) is 0. The quantitative estimate of drug-likeness (QED) is 0.725. The summed E-state index contributed by atoms with van der Waals surface area (Å²) >= 11 is 6.07. The van der Waals surface area contributed by atoms with Crippen molar-refractivity contribution in [2.45, 2.75) is 31.6 Å². The van der Waals surface area contributed by atoms with Crippen molar-refractivity contribution in [3.63, 3.8) is 0 Å². The summed E-state index contributed by atoms with van der Waals surface area (Å²) in [5.74, 6) is 0.404. The van der Waals surface area contributed by atoms with Gasteiger partial charge in [0.25, 0.3) is 0 Å². The highest BCUT2D eigenvalue weighted by atomic mass is 35.5. The maximum Gasteiger partial charge on any atom is 0.150 e. The molecule has 2 aromatic carbocycles. The van der Waals surface area contributed by atoms with Crippen molar-refractivity contribution in [1.29, 1.82) is 0 Å². The van der Waals surface area contributed by atoms with Gasteiger partial charge in [-0.3, -0.25) is 9.59 Å². The molecule has 3 rings (SSSR count). The Morgan fingerprint density at radius 1 is 0.955 bits per heavy atom. The highest BCUT2D eigenvalue weighted by molar-refractivity contribution is 6.31. The van der Waals surface area contributed by atoms with E-state index in [4.69, 9.17) is 11.6 Å². The molecule has 0 radical (unpaired) electrons. The predicted octanol–water partition coefficient (Wildman–Crippen LogP) is 5.07. The molecule has 0 aromatic heterocycles. The van der Waals surface area contributed by atoms with E-state index in [0.717, 1.165) is 48.1 Å². The summed E-state index contributed by atoms with van der Waals surface area (Å²) in [6.07, 6.45) is 4.69. The fourth-order valence-electron chi connectivity index (χ4n) is 2.60. The van der Waals surface area contributed by atoms with Gasteiger partial charge in [-0.25, -0.2) is 0 Å². The molecule has 0 heterocycles. The van der Waals surface area contributed by atoms with Crippen molar-refractivity contribution in [2.24, 2.45) is 0 Å². The van der Waals surface area contributed by atoms with Crippen LogP contribution < -0.4 is 0 Å². The minimum Gasteiger partial charge on any atom is -0.299 e. The van der Waals surface area contributed by atoms with Gasteiger partial charge in [0.1, 0.15) is 12.1 Å². The molecule has 2 aromatic rings. The molecule has 0 amide bonds. The Labute approximate surface area is 136 Å². The maximum absolute atomic E-state index is 11.7. The number of aldehydes is 1. The lowest BCUT2D eigenvalue weighted by atomic mass is 9.83. The van der Waals surface area contributed by atoms with Crippen molar-refractivity contribution in [2.75, 3.05) is 0 Å². The predicted molar refractivity (Wildman–Crippen MR) is 89.5 cm³/mol. The number of rotatable bonds is 2. The van der Waals surface area contributed by atoms with Crippen LogP contribution in [0.15, 0.2) is 54.6 Å². The van der Waals surface area contributed by atoms with Gasteiger partial charge in [-0.1, -0.05) is 66.6 Å². The first-order chi connectivity index (χ1) is 10.7. The third-order valence-electron chi connectivity index (χ3n) is 3.77. The number of Topliss-reactive ketones (excluding diaryl/α,β-unsaturated/α-hetero) is 1. The first-order valence-corrected chi connectivity index (χ1v) is 7.87. The first kappa shape index (κ1) is 16.4. The second-order valence-electron chi connectivity index (χ2n) is 5.31. The van der Waals surface area contributed by atoms with E-state index in [1.54, 1.807) is 12.1 Å². The summed E-state index contributed by atoms with van der Waals surface area (Å²) in [5, 5.41) is 0.729. The number of carbonyl (C=O) groups excluding carboxylic acids is 2. The average Bonchev–Trinajstić information content (AvgIpc) is 2.57. The molecule has 1 unspecified atom stereocenters. The fourth-order valence-corrected chi connectivity index (χ4v) is 2.87. The number of benzene rings is 2. The molecule has 1 fully saturated rings. The van der Waals surface area contributed by atoms with Crippen LogP contribution in [-0.4, -0.2) is 12.1 Å². The summed E-state index contributed by atoms with van der Waals surface area (Å²) in [5.41, 5.74) is 1.74. The normalized spacial score (nSPS) is 17.3. The van der Waals surface area contributed by atoms with Gasteiger partial charge in [-0.15, -0.1) is 0 Å². The summed E-state index contributed by atoms with van der Waals surface area (Å²) in [4.78, 5) is 21.7. The van der Waals surface area contributed by atoms with Crippen LogP contribution in [0.2, 0.25) is 5.02 Å². The summed E-state index contributed by atoms with van der Waals surface area (Å²) < 4.78 is 0. The van der Waals surface area contributed by atoms with Crippen molar-refractivity contribution < 1.29 is 9.59 Å². The van der Waals surface area contributed by atoms with Gasteiger partial charge in [0.2, 0.25) is 0 Å². The third kappa shape index (κ3) is 4.54. The SMILES string of the molecule is O=C1CCCCC1c1ccccc1Cl.O=Cc1ccccc1. The Morgan fingerprint density at radius 2 is 1.64 bits per heavy atom.